The third kappa shape index (κ3) is 6.10. The fraction of sp³-hybridized carbons (Fsp3) is 0.533. The summed E-state index contributed by atoms with van der Waals surface area (Å²) in [6.45, 7) is 5.87. The number of nitrogens with zero attached hydrogens (tertiary/aromatic N) is 2. The number of hydrogen-bond acceptors (Lipinski definition) is 3. The molecule has 1 fully saturated rings. The van der Waals surface area contributed by atoms with Crippen LogP contribution in [-0.4, -0.2) is 50.3 Å². The summed E-state index contributed by atoms with van der Waals surface area (Å²) in [5.41, 5.74) is 6.60. The molecule has 1 heterocycles. The molecule has 3 N–H and O–H groups in total. The summed E-state index contributed by atoms with van der Waals surface area (Å²) in [4.78, 5) is 6.58. The van der Waals surface area contributed by atoms with E-state index in [1.54, 1.807) is 6.07 Å². The summed E-state index contributed by atoms with van der Waals surface area (Å²) < 4.78 is 18.3. The second-order valence-corrected chi connectivity index (χ2v) is 5.07. The molecule has 116 valence electrons. The molecule has 1 saturated heterocycles. The fourth-order valence-electron chi connectivity index (χ4n) is 2.21. The quantitative estimate of drug-likeness (QED) is 0.466. The Bertz CT molecular complexity index is 461. The third-order valence-corrected chi connectivity index (χ3v) is 3.38. The van der Waals surface area contributed by atoms with Crippen LogP contribution in [0.4, 0.5) is 4.39 Å². The number of nitrogens with one attached hydrogen (secondary N) is 1. The van der Waals surface area contributed by atoms with E-state index >= 15 is 0 Å². The first kappa shape index (κ1) is 15.7. The van der Waals surface area contributed by atoms with Crippen molar-refractivity contribution in [3.63, 3.8) is 0 Å². The van der Waals surface area contributed by atoms with Crippen molar-refractivity contribution in [1.29, 1.82) is 0 Å². The van der Waals surface area contributed by atoms with E-state index in [9.17, 15) is 4.39 Å². The molecule has 1 aromatic rings. The highest BCUT2D eigenvalue weighted by atomic mass is 19.1. The number of benzene rings is 1. The Morgan fingerprint density at radius 3 is 2.95 bits per heavy atom. The van der Waals surface area contributed by atoms with Gasteiger partial charge < -0.3 is 15.8 Å². The third-order valence-electron chi connectivity index (χ3n) is 3.38. The first-order chi connectivity index (χ1) is 10.2. The lowest BCUT2D eigenvalue weighted by Gasteiger charge is -2.26. The Labute approximate surface area is 125 Å². The summed E-state index contributed by atoms with van der Waals surface area (Å²) in [5, 5.41) is 3.08. The summed E-state index contributed by atoms with van der Waals surface area (Å²) in [5.74, 6) is 0.154. The van der Waals surface area contributed by atoms with Crippen LogP contribution >= 0.6 is 0 Å². The molecular formula is C15H23FN4O. The molecule has 21 heavy (non-hydrogen) atoms. The highest BCUT2D eigenvalue weighted by Gasteiger charge is 2.08. The molecule has 5 nitrogen and oxygen atoms in total. The average molecular weight is 294 g/mol. The van der Waals surface area contributed by atoms with Gasteiger partial charge in [0.2, 0.25) is 0 Å². The molecule has 0 amide bonds. The minimum absolute atomic E-state index is 0.250. The molecule has 2 rings (SSSR count). The standard InChI is InChI=1S/C15H23FN4O/c16-14-4-1-3-13(11-14)12-19-15(17)18-5-2-6-20-7-9-21-10-8-20/h1,3-4,11H,2,5-10,12H2,(H3,17,18,19). The van der Waals surface area contributed by atoms with Crippen molar-refractivity contribution in [3.05, 3.63) is 35.6 Å². The van der Waals surface area contributed by atoms with Gasteiger partial charge in [0.1, 0.15) is 5.82 Å². The van der Waals surface area contributed by atoms with Gasteiger partial charge in [-0.25, -0.2) is 9.38 Å². The van der Waals surface area contributed by atoms with Gasteiger partial charge in [0.15, 0.2) is 5.96 Å². The van der Waals surface area contributed by atoms with Gasteiger partial charge in [-0.05, 0) is 30.7 Å². The number of hydrogen-bond donors (Lipinski definition) is 2. The van der Waals surface area contributed by atoms with Gasteiger partial charge in [-0.15, -0.1) is 0 Å². The Kier molecular flexibility index (Phi) is 6.43. The van der Waals surface area contributed by atoms with Crippen LogP contribution in [0.1, 0.15) is 12.0 Å². The predicted octanol–water partition coefficient (Wildman–Crippen LogP) is 0.952. The largest absolute Gasteiger partial charge is 0.379 e. The highest BCUT2D eigenvalue weighted by Crippen LogP contribution is 2.04. The maximum atomic E-state index is 13.0. The van der Waals surface area contributed by atoms with Crippen LogP contribution in [0.15, 0.2) is 29.3 Å². The van der Waals surface area contributed by atoms with Gasteiger partial charge >= 0.3 is 0 Å². The highest BCUT2D eigenvalue weighted by molar-refractivity contribution is 5.77. The Morgan fingerprint density at radius 2 is 2.19 bits per heavy atom. The monoisotopic (exact) mass is 294 g/mol. The number of guanidine groups is 1. The molecule has 6 heteroatoms. The van der Waals surface area contributed by atoms with E-state index in [0.29, 0.717) is 12.5 Å². The smallest absolute Gasteiger partial charge is 0.188 e. The fourth-order valence-corrected chi connectivity index (χ4v) is 2.21. The molecule has 0 aromatic heterocycles. The summed E-state index contributed by atoms with van der Waals surface area (Å²) >= 11 is 0. The summed E-state index contributed by atoms with van der Waals surface area (Å²) in [6.07, 6.45) is 1.01. The normalized spacial score (nSPS) is 16.9. The van der Waals surface area contributed by atoms with E-state index in [4.69, 9.17) is 10.5 Å². The van der Waals surface area contributed by atoms with Crippen molar-refractivity contribution in [2.75, 3.05) is 39.4 Å². The molecule has 1 aliphatic heterocycles. The van der Waals surface area contributed by atoms with Crippen LogP contribution in [0, 0.1) is 5.82 Å². The van der Waals surface area contributed by atoms with Crippen molar-refractivity contribution < 1.29 is 9.13 Å². The molecule has 0 bridgehead atoms. The lowest BCUT2D eigenvalue weighted by atomic mass is 10.2. The Balaban J connectivity index is 1.62. The maximum Gasteiger partial charge on any atom is 0.188 e. The van der Waals surface area contributed by atoms with Gasteiger partial charge in [-0.1, -0.05) is 12.1 Å². The second kappa shape index (κ2) is 8.59. The molecule has 1 aliphatic rings. The molecule has 1 aromatic carbocycles. The van der Waals surface area contributed by atoms with Gasteiger partial charge in [-0.2, -0.15) is 0 Å². The molecule has 0 spiro atoms. The van der Waals surface area contributed by atoms with Crippen LogP contribution < -0.4 is 11.1 Å². The van der Waals surface area contributed by atoms with Crippen molar-refractivity contribution >= 4 is 5.96 Å². The van der Waals surface area contributed by atoms with Crippen molar-refractivity contribution in [3.8, 4) is 0 Å². The zero-order valence-corrected chi connectivity index (χ0v) is 12.2. The van der Waals surface area contributed by atoms with Crippen molar-refractivity contribution in [1.82, 2.24) is 10.2 Å². The maximum absolute atomic E-state index is 13.0. The molecule has 0 atom stereocenters. The molecule has 0 saturated carbocycles. The van der Waals surface area contributed by atoms with E-state index in [-0.39, 0.29) is 5.82 Å². The van der Waals surface area contributed by atoms with E-state index in [1.165, 1.54) is 12.1 Å². The van der Waals surface area contributed by atoms with E-state index < -0.39 is 0 Å². The summed E-state index contributed by atoms with van der Waals surface area (Å²) in [6, 6.07) is 6.39. The van der Waals surface area contributed by atoms with Crippen LogP contribution in [0.25, 0.3) is 0 Å². The first-order valence-electron chi connectivity index (χ1n) is 7.32. The first-order valence-corrected chi connectivity index (χ1v) is 7.32. The van der Waals surface area contributed by atoms with Crippen LogP contribution in [0.5, 0.6) is 0 Å². The zero-order chi connectivity index (χ0) is 14.9. The second-order valence-electron chi connectivity index (χ2n) is 5.07. The van der Waals surface area contributed by atoms with Gasteiger partial charge in [0.05, 0.1) is 19.8 Å². The van der Waals surface area contributed by atoms with Gasteiger partial charge in [-0.3, -0.25) is 4.90 Å². The lowest BCUT2D eigenvalue weighted by Crippen LogP contribution is -2.39. The zero-order valence-electron chi connectivity index (χ0n) is 12.2. The van der Waals surface area contributed by atoms with Crippen LogP contribution in [-0.2, 0) is 11.3 Å². The predicted molar refractivity (Wildman–Crippen MR) is 81.6 cm³/mol. The number of ether oxygens (including phenoxy) is 1. The number of halogens is 1. The number of nitrogens with two attached hydrogens (primary N) is 1. The van der Waals surface area contributed by atoms with Crippen LogP contribution in [0.2, 0.25) is 0 Å². The molecule has 0 aliphatic carbocycles. The molecule has 0 unspecified atom stereocenters. The number of aliphatic imine (C=N–C) groups is 1. The molecule has 0 radical (unpaired) electrons. The Morgan fingerprint density at radius 1 is 1.38 bits per heavy atom. The number of rotatable bonds is 6. The number of morpholine rings is 1. The van der Waals surface area contributed by atoms with Gasteiger partial charge in [0, 0.05) is 19.6 Å². The minimum atomic E-state index is -0.250. The van der Waals surface area contributed by atoms with E-state index in [1.807, 2.05) is 6.07 Å². The summed E-state index contributed by atoms with van der Waals surface area (Å²) in [7, 11) is 0. The topological polar surface area (TPSA) is 62.9 Å². The average Bonchev–Trinajstić information content (AvgIpc) is 2.51. The SMILES string of the molecule is NC(=NCc1cccc(F)c1)NCCCN1CCOCC1. The lowest BCUT2D eigenvalue weighted by molar-refractivity contribution is 0.0376. The Hall–Kier alpha value is -1.66. The van der Waals surface area contributed by atoms with E-state index in [2.05, 4.69) is 15.2 Å². The van der Waals surface area contributed by atoms with Crippen molar-refractivity contribution in [2.45, 2.75) is 13.0 Å². The van der Waals surface area contributed by atoms with Crippen molar-refractivity contribution in [2.24, 2.45) is 10.7 Å². The molecular weight excluding hydrogens is 271 g/mol. The van der Waals surface area contributed by atoms with E-state index in [0.717, 1.165) is 51.4 Å². The minimum Gasteiger partial charge on any atom is -0.379 e. The van der Waals surface area contributed by atoms with Crippen LogP contribution in [0.3, 0.4) is 0 Å². The van der Waals surface area contributed by atoms with Gasteiger partial charge in [0.25, 0.3) is 0 Å².